The van der Waals surface area contributed by atoms with Crippen LogP contribution in [0.25, 0.3) is 0 Å². The number of amides is 1. The number of likely N-dealkylation sites (tertiary alicyclic amines) is 1. The van der Waals surface area contributed by atoms with E-state index in [0.717, 1.165) is 32.4 Å². The fourth-order valence-electron chi connectivity index (χ4n) is 4.02. The van der Waals surface area contributed by atoms with Crippen molar-refractivity contribution >= 4 is 5.91 Å². The van der Waals surface area contributed by atoms with E-state index in [1.54, 1.807) is 0 Å². The first-order valence-corrected chi connectivity index (χ1v) is 8.37. The van der Waals surface area contributed by atoms with Crippen LogP contribution in [0.2, 0.25) is 0 Å². The zero-order valence-corrected chi connectivity index (χ0v) is 13.1. The van der Waals surface area contributed by atoms with Gasteiger partial charge < -0.3 is 11.1 Å². The summed E-state index contributed by atoms with van der Waals surface area (Å²) in [5, 5.41) is 3.14. The Morgan fingerprint density at radius 1 is 1.15 bits per heavy atom. The molecule has 2 rings (SSSR count). The highest BCUT2D eigenvalue weighted by Gasteiger charge is 2.32. The summed E-state index contributed by atoms with van der Waals surface area (Å²) in [6.07, 6.45) is 7.21. The van der Waals surface area contributed by atoms with Crippen LogP contribution in [0.3, 0.4) is 0 Å². The molecule has 0 aromatic rings. The zero-order chi connectivity index (χ0) is 14.5. The third-order valence-corrected chi connectivity index (χ3v) is 5.34. The number of nitrogens with one attached hydrogen (secondary N) is 1. The topological polar surface area (TPSA) is 58.4 Å². The van der Waals surface area contributed by atoms with Gasteiger partial charge in [0.2, 0.25) is 5.91 Å². The van der Waals surface area contributed by atoms with Crippen LogP contribution in [0.15, 0.2) is 0 Å². The lowest BCUT2D eigenvalue weighted by atomic mass is 9.95. The maximum atomic E-state index is 12.2. The second-order valence-corrected chi connectivity index (χ2v) is 6.69. The van der Waals surface area contributed by atoms with Gasteiger partial charge in [-0.3, -0.25) is 9.69 Å². The highest BCUT2D eigenvalue weighted by Crippen LogP contribution is 2.30. The second-order valence-electron chi connectivity index (χ2n) is 6.69. The summed E-state index contributed by atoms with van der Waals surface area (Å²) in [6, 6.07) is 1.30. The Morgan fingerprint density at radius 2 is 1.80 bits per heavy atom. The Hall–Kier alpha value is -0.610. The number of hydrogen-bond donors (Lipinski definition) is 2. The number of hydrogen-bond acceptors (Lipinski definition) is 3. The minimum atomic E-state index is 0.163. The van der Waals surface area contributed by atoms with Gasteiger partial charge in [-0.05, 0) is 52.0 Å². The molecule has 3 N–H and O–H groups in total. The van der Waals surface area contributed by atoms with Crippen molar-refractivity contribution in [3.8, 4) is 0 Å². The lowest BCUT2D eigenvalue weighted by Gasteiger charge is -2.39. The van der Waals surface area contributed by atoms with Crippen LogP contribution in [0.1, 0.15) is 52.4 Å². The molecular formula is C16H31N3O. The fraction of sp³-hybridized carbons (Fsp3) is 0.938. The molecule has 4 atom stereocenters. The highest BCUT2D eigenvalue weighted by molar-refractivity contribution is 5.79. The average Bonchev–Trinajstić information content (AvgIpc) is 2.90. The van der Waals surface area contributed by atoms with Crippen LogP contribution in [0.5, 0.6) is 0 Å². The van der Waals surface area contributed by atoms with Crippen LogP contribution in [0, 0.1) is 11.8 Å². The highest BCUT2D eigenvalue weighted by atomic mass is 16.1. The normalized spacial score (nSPS) is 35.1. The summed E-state index contributed by atoms with van der Waals surface area (Å²) >= 11 is 0. The molecule has 0 radical (unpaired) electrons. The molecule has 4 nitrogen and oxygen atoms in total. The van der Waals surface area contributed by atoms with Crippen LogP contribution in [-0.4, -0.2) is 42.5 Å². The minimum absolute atomic E-state index is 0.163. The molecule has 1 saturated carbocycles. The van der Waals surface area contributed by atoms with Gasteiger partial charge in [-0.25, -0.2) is 0 Å². The molecule has 1 heterocycles. The van der Waals surface area contributed by atoms with E-state index in [2.05, 4.69) is 24.1 Å². The predicted molar refractivity (Wildman–Crippen MR) is 82.4 cm³/mol. The molecule has 1 amide bonds. The quantitative estimate of drug-likeness (QED) is 0.807. The van der Waals surface area contributed by atoms with Crippen molar-refractivity contribution in [2.45, 2.75) is 64.5 Å². The van der Waals surface area contributed by atoms with E-state index in [1.807, 2.05) is 0 Å². The van der Waals surface area contributed by atoms with Gasteiger partial charge in [0.25, 0.3) is 0 Å². The molecule has 0 aromatic carbocycles. The molecule has 0 aromatic heterocycles. The summed E-state index contributed by atoms with van der Waals surface area (Å²) in [6.45, 7) is 7.02. The Balaban J connectivity index is 1.73. The largest absolute Gasteiger partial charge is 0.355 e. The molecule has 1 aliphatic heterocycles. The molecule has 116 valence electrons. The van der Waals surface area contributed by atoms with E-state index < -0.39 is 0 Å². The van der Waals surface area contributed by atoms with Crippen molar-refractivity contribution in [3.63, 3.8) is 0 Å². The maximum absolute atomic E-state index is 12.2. The lowest BCUT2D eigenvalue weighted by molar-refractivity contribution is -0.126. The summed E-state index contributed by atoms with van der Waals surface area (Å²) < 4.78 is 0. The Kier molecular flexibility index (Phi) is 5.85. The van der Waals surface area contributed by atoms with Gasteiger partial charge in [-0.15, -0.1) is 0 Å². The first-order valence-electron chi connectivity index (χ1n) is 8.37. The number of nitrogens with two attached hydrogens (primary N) is 1. The van der Waals surface area contributed by atoms with Gasteiger partial charge in [-0.2, -0.15) is 0 Å². The summed E-state index contributed by atoms with van der Waals surface area (Å²) in [5.41, 5.74) is 5.76. The van der Waals surface area contributed by atoms with Gasteiger partial charge in [0, 0.05) is 31.1 Å². The van der Waals surface area contributed by atoms with Crippen molar-refractivity contribution in [2.24, 2.45) is 17.6 Å². The van der Waals surface area contributed by atoms with E-state index in [9.17, 15) is 4.79 Å². The van der Waals surface area contributed by atoms with Gasteiger partial charge >= 0.3 is 0 Å². The van der Waals surface area contributed by atoms with E-state index in [0.29, 0.717) is 24.5 Å². The molecule has 2 fully saturated rings. The molecule has 1 aliphatic carbocycles. The Labute approximate surface area is 123 Å². The summed E-state index contributed by atoms with van der Waals surface area (Å²) in [5.74, 6) is 0.800. The zero-order valence-electron chi connectivity index (χ0n) is 13.1. The van der Waals surface area contributed by atoms with Crippen LogP contribution in [-0.2, 0) is 4.79 Å². The van der Waals surface area contributed by atoms with E-state index in [4.69, 9.17) is 5.73 Å². The number of piperidine rings is 1. The molecule has 1 saturated heterocycles. The monoisotopic (exact) mass is 281 g/mol. The van der Waals surface area contributed by atoms with Gasteiger partial charge in [0.05, 0.1) is 0 Å². The third kappa shape index (κ3) is 3.73. The van der Waals surface area contributed by atoms with Crippen molar-refractivity contribution < 1.29 is 4.79 Å². The molecule has 20 heavy (non-hydrogen) atoms. The average molecular weight is 281 g/mol. The van der Waals surface area contributed by atoms with E-state index in [-0.39, 0.29) is 11.8 Å². The van der Waals surface area contributed by atoms with Crippen molar-refractivity contribution in [1.82, 2.24) is 10.2 Å². The molecule has 0 bridgehead atoms. The molecule has 0 spiro atoms. The van der Waals surface area contributed by atoms with Crippen LogP contribution < -0.4 is 11.1 Å². The smallest absolute Gasteiger partial charge is 0.223 e. The standard InChI is InChI=1S/C16H31N3O/c1-12-5-3-6-13(2)19(12)10-9-18-16(20)15-8-4-7-14(15)11-17/h12-15H,3-11,17H2,1-2H3,(H,18,20)/t12?,13?,14-,15-/m1/s1. The van der Waals surface area contributed by atoms with Crippen molar-refractivity contribution in [3.05, 3.63) is 0 Å². The number of nitrogens with zero attached hydrogens (tertiary/aromatic N) is 1. The van der Waals surface area contributed by atoms with Gasteiger partial charge in [-0.1, -0.05) is 12.8 Å². The lowest BCUT2D eigenvalue weighted by Crippen LogP contribution is -2.48. The SMILES string of the molecule is CC1CCCC(C)N1CCNC(=O)[C@@H]1CCC[C@@H]1CN. The maximum Gasteiger partial charge on any atom is 0.223 e. The van der Waals surface area contributed by atoms with Crippen LogP contribution in [0.4, 0.5) is 0 Å². The second kappa shape index (κ2) is 7.41. The first-order chi connectivity index (χ1) is 9.63. The number of carbonyl (C=O) groups excluding carboxylic acids is 1. The summed E-state index contributed by atoms with van der Waals surface area (Å²) in [7, 11) is 0. The number of rotatable bonds is 5. The predicted octanol–water partition coefficient (Wildman–Crippen LogP) is 1.74. The van der Waals surface area contributed by atoms with Gasteiger partial charge in [0.1, 0.15) is 0 Å². The third-order valence-electron chi connectivity index (χ3n) is 5.34. The van der Waals surface area contributed by atoms with E-state index >= 15 is 0 Å². The van der Waals surface area contributed by atoms with E-state index in [1.165, 1.54) is 19.3 Å². The fourth-order valence-corrected chi connectivity index (χ4v) is 4.02. The Morgan fingerprint density at radius 3 is 2.45 bits per heavy atom. The minimum Gasteiger partial charge on any atom is -0.355 e. The van der Waals surface area contributed by atoms with Crippen molar-refractivity contribution in [1.29, 1.82) is 0 Å². The number of carbonyl (C=O) groups is 1. The molecule has 4 heteroatoms. The van der Waals surface area contributed by atoms with Crippen molar-refractivity contribution in [2.75, 3.05) is 19.6 Å². The molecule has 2 aliphatic rings. The van der Waals surface area contributed by atoms with Gasteiger partial charge in [0.15, 0.2) is 0 Å². The Bertz CT molecular complexity index is 311. The molecular weight excluding hydrogens is 250 g/mol. The summed E-state index contributed by atoms with van der Waals surface area (Å²) in [4.78, 5) is 14.8. The van der Waals surface area contributed by atoms with Crippen LogP contribution >= 0.6 is 0 Å². The molecule has 2 unspecified atom stereocenters. The first kappa shape index (κ1) is 15.8.